The Balaban J connectivity index is 1.30. The summed E-state index contributed by atoms with van der Waals surface area (Å²) >= 11 is 0. The fraction of sp³-hybridized carbons (Fsp3) is 0.520. The summed E-state index contributed by atoms with van der Waals surface area (Å²) < 4.78 is 42.5. The molecule has 11 heteroatoms. The summed E-state index contributed by atoms with van der Waals surface area (Å²) in [4.78, 5) is 40.3. The van der Waals surface area contributed by atoms with Gasteiger partial charge in [0.1, 0.15) is 12.1 Å². The molecule has 5 rings (SSSR count). The Labute approximate surface area is 206 Å². The van der Waals surface area contributed by atoms with Gasteiger partial charge < -0.3 is 15.5 Å². The van der Waals surface area contributed by atoms with E-state index in [0.717, 1.165) is 31.9 Å². The zero-order chi connectivity index (χ0) is 25.4. The SMILES string of the molecule is O=C(N[C@H]1C[C@H]2C(=O)N[C@@H](CC3CCCCC3)C(=O)N2C1)c1cnn(-c2ccccc2)c1C(F)(F)F. The van der Waals surface area contributed by atoms with Gasteiger partial charge in [-0.25, -0.2) is 4.68 Å². The van der Waals surface area contributed by atoms with E-state index in [1.54, 1.807) is 18.2 Å². The van der Waals surface area contributed by atoms with Gasteiger partial charge in [-0.1, -0.05) is 50.3 Å². The van der Waals surface area contributed by atoms with Crippen molar-refractivity contribution in [1.29, 1.82) is 0 Å². The Hall–Kier alpha value is -3.37. The molecule has 2 saturated heterocycles. The highest BCUT2D eigenvalue weighted by molar-refractivity contribution is 5.98. The fourth-order valence-electron chi connectivity index (χ4n) is 5.69. The molecule has 3 fully saturated rings. The number of hydrogen-bond acceptors (Lipinski definition) is 4. The van der Waals surface area contributed by atoms with Gasteiger partial charge in [-0.05, 0) is 30.9 Å². The maximum Gasteiger partial charge on any atom is 0.434 e. The molecule has 0 unspecified atom stereocenters. The summed E-state index contributed by atoms with van der Waals surface area (Å²) in [6.45, 7) is 0.0813. The summed E-state index contributed by atoms with van der Waals surface area (Å²) in [7, 11) is 0. The van der Waals surface area contributed by atoms with E-state index in [0.29, 0.717) is 17.0 Å². The number of amides is 3. The molecule has 192 valence electrons. The lowest BCUT2D eigenvalue weighted by Gasteiger charge is -2.36. The molecule has 0 radical (unpaired) electrons. The average Bonchev–Trinajstić information content (AvgIpc) is 3.49. The molecule has 8 nitrogen and oxygen atoms in total. The summed E-state index contributed by atoms with van der Waals surface area (Å²) in [5.74, 6) is -1.01. The number of nitrogens with one attached hydrogen (secondary N) is 2. The van der Waals surface area contributed by atoms with Crippen molar-refractivity contribution in [3.8, 4) is 5.69 Å². The number of rotatable bonds is 5. The van der Waals surface area contributed by atoms with Crippen molar-refractivity contribution in [2.24, 2.45) is 5.92 Å². The van der Waals surface area contributed by atoms with E-state index in [2.05, 4.69) is 15.7 Å². The molecular weight excluding hydrogens is 475 g/mol. The topological polar surface area (TPSA) is 96.3 Å². The summed E-state index contributed by atoms with van der Waals surface area (Å²) in [6, 6.07) is 5.78. The number of nitrogens with zero attached hydrogens (tertiary/aromatic N) is 3. The predicted molar refractivity (Wildman–Crippen MR) is 123 cm³/mol. The maximum absolute atomic E-state index is 13.9. The van der Waals surface area contributed by atoms with Crippen LogP contribution in [0.4, 0.5) is 13.2 Å². The van der Waals surface area contributed by atoms with Crippen LogP contribution in [0.15, 0.2) is 36.5 Å². The minimum absolute atomic E-state index is 0.0813. The lowest BCUT2D eigenvalue weighted by atomic mass is 9.84. The first-order valence-electron chi connectivity index (χ1n) is 12.3. The lowest BCUT2D eigenvalue weighted by Crippen LogP contribution is -2.61. The highest BCUT2D eigenvalue weighted by Gasteiger charge is 2.48. The molecule has 1 aromatic carbocycles. The Bertz CT molecular complexity index is 1140. The third-order valence-corrected chi connectivity index (χ3v) is 7.41. The molecule has 3 heterocycles. The van der Waals surface area contributed by atoms with Crippen LogP contribution in [0.2, 0.25) is 0 Å². The molecule has 1 aromatic heterocycles. The molecule has 1 saturated carbocycles. The summed E-state index contributed by atoms with van der Waals surface area (Å²) in [5.41, 5.74) is -1.61. The predicted octanol–water partition coefficient (Wildman–Crippen LogP) is 3.06. The minimum Gasteiger partial charge on any atom is -0.347 e. The summed E-state index contributed by atoms with van der Waals surface area (Å²) in [6.07, 6.45) is 2.34. The van der Waals surface area contributed by atoms with Gasteiger partial charge in [0.05, 0.1) is 17.4 Å². The normalized spacial score (nSPS) is 25.0. The van der Waals surface area contributed by atoms with Gasteiger partial charge in [0.25, 0.3) is 5.91 Å². The third-order valence-electron chi connectivity index (χ3n) is 7.41. The molecule has 2 aromatic rings. The molecular formula is C25H28F3N5O3. The highest BCUT2D eigenvalue weighted by atomic mass is 19.4. The Morgan fingerprint density at radius 3 is 2.53 bits per heavy atom. The maximum atomic E-state index is 13.9. The van der Waals surface area contributed by atoms with Gasteiger partial charge >= 0.3 is 6.18 Å². The molecule has 3 atom stereocenters. The number of piperazine rings is 1. The van der Waals surface area contributed by atoms with Crippen LogP contribution in [-0.4, -0.2) is 57.1 Å². The monoisotopic (exact) mass is 503 g/mol. The van der Waals surface area contributed by atoms with Crippen molar-refractivity contribution >= 4 is 17.7 Å². The number of fused-ring (bicyclic) bond motifs is 1. The van der Waals surface area contributed by atoms with E-state index in [9.17, 15) is 27.6 Å². The number of carbonyl (C=O) groups is 3. The molecule has 36 heavy (non-hydrogen) atoms. The van der Waals surface area contributed by atoms with Gasteiger partial charge in [-0.3, -0.25) is 14.4 Å². The van der Waals surface area contributed by atoms with E-state index >= 15 is 0 Å². The van der Waals surface area contributed by atoms with E-state index < -0.39 is 41.5 Å². The van der Waals surface area contributed by atoms with E-state index in [1.165, 1.54) is 23.5 Å². The standard InChI is InChI=1S/C25H28F3N5O3/c26-25(27,28)21-18(13-29-33(21)17-9-5-2-6-10-17)22(34)30-16-12-20-23(35)31-19(24(36)32(20)14-16)11-15-7-3-1-4-8-15/h2,5-6,9-10,13,15-16,19-20H,1,3-4,7-8,11-12,14H2,(H,30,34)(H,31,35)/t16-,19-,20-/m0/s1. The molecule has 2 N–H and O–H groups in total. The van der Waals surface area contributed by atoms with Crippen LogP contribution in [0.5, 0.6) is 0 Å². The number of benzene rings is 1. The van der Waals surface area contributed by atoms with Gasteiger partial charge in [-0.15, -0.1) is 0 Å². The Morgan fingerprint density at radius 1 is 1.11 bits per heavy atom. The molecule has 1 aliphatic carbocycles. The molecule has 3 aliphatic rings. The van der Waals surface area contributed by atoms with Crippen LogP contribution >= 0.6 is 0 Å². The summed E-state index contributed by atoms with van der Waals surface area (Å²) in [5, 5.41) is 9.25. The van der Waals surface area contributed by atoms with Crippen molar-refractivity contribution in [3.63, 3.8) is 0 Å². The van der Waals surface area contributed by atoms with Crippen LogP contribution in [0.1, 0.15) is 61.0 Å². The van der Waals surface area contributed by atoms with Crippen molar-refractivity contribution in [2.75, 3.05) is 6.54 Å². The number of para-hydroxylation sites is 1. The van der Waals surface area contributed by atoms with E-state index in [4.69, 9.17) is 0 Å². The van der Waals surface area contributed by atoms with Crippen molar-refractivity contribution in [2.45, 2.75) is 69.2 Å². The number of alkyl halides is 3. The lowest BCUT2D eigenvalue weighted by molar-refractivity contribution is -0.147. The number of hydrogen-bond donors (Lipinski definition) is 2. The second-order valence-electron chi connectivity index (χ2n) is 9.87. The third kappa shape index (κ3) is 4.70. The second kappa shape index (κ2) is 9.59. The van der Waals surface area contributed by atoms with Gasteiger partial charge in [0.2, 0.25) is 11.8 Å². The van der Waals surface area contributed by atoms with Crippen molar-refractivity contribution in [3.05, 3.63) is 47.8 Å². The van der Waals surface area contributed by atoms with Crippen LogP contribution in [-0.2, 0) is 15.8 Å². The van der Waals surface area contributed by atoms with Crippen LogP contribution in [0.25, 0.3) is 5.69 Å². The van der Waals surface area contributed by atoms with Crippen LogP contribution in [0.3, 0.4) is 0 Å². The van der Waals surface area contributed by atoms with Gasteiger partial charge in [-0.2, -0.15) is 18.3 Å². The first-order valence-corrected chi connectivity index (χ1v) is 12.3. The van der Waals surface area contributed by atoms with Gasteiger partial charge in [0, 0.05) is 12.6 Å². The quantitative estimate of drug-likeness (QED) is 0.656. The first kappa shape index (κ1) is 24.3. The Kier molecular flexibility index (Phi) is 6.48. The molecule has 0 bridgehead atoms. The largest absolute Gasteiger partial charge is 0.434 e. The second-order valence-corrected chi connectivity index (χ2v) is 9.87. The van der Waals surface area contributed by atoms with Crippen molar-refractivity contribution < 1.29 is 27.6 Å². The van der Waals surface area contributed by atoms with Gasteiger partial charge in [0.15, 0.2) is 5.69 Å². The zero-order valence-electron chi connectivity index (χ0n) is 19.6. The number of aromatic nitrogens is 2. The first-order chi connectivity index (χ1) is 17.2. The minimum atomic E-state index is -4.83. The number of halogens is 3. The van der Waals surface area contributed by atoms with Crippen molar-refractivity contribution in [1.82, 2.24) is 25.3 Å². The highest BCUT2D eigenvalue weighted by Crippen LogP contribution is 2.34. The molecule has 3 amide bonds. The fourth-order valence-corrected chi connectivity index (χ4v) is 5.69. The molecule has 2 aliphatic heterocycles. The van der Waals surface area contributed by atoms with Crippen LogP contribution in [0, 0.1) is 5.92 Å². The van der Waals surface area contributed by atoms with E-state index in [1.807, 2.05) is 0 Å². The number of carbonyl (C=O) groups excluding carboxylic acids is 3. The molecule has 0 spiro atoms. The average molecular weight is 504 g/mol. The smallest absolute Gasteiger partial charge is 0.347 e. The van der Waals surface area contributed by atoms with Crippen LogP contribution < -0.4 is 10.6 Å². The zero-order valence-corrected chi connectivity index (χ0v) is 19.6. The Morgan fingerprint density at radius 2 is 1.83 bits per heavy atom. The van der Waals surface area contributed by atoms with E-state index in [-0.39, 0.29) is 30.5 Å².